The third-order valence-electron chi connectivity index (χ3n) is 4.63. The van der Waals surface area contributed by atoms with Crippen LogP contribution in [0.15, 0.2) is 18.3 Å². The van der Waals surface area contributed by atoms with Gasteiger partial charge in [0, 0.05) is 32.4 Å². The molecule has 1 aromatic heterocycles. The number of nitriles is 1. The maximum absolute atomic E-state index is 12.4. The van der Waals surface area contributed by atoms with E-state index in [1.807, 2.05) is 11.0 Å². The minimum Gasteiger partial charge on any atom is -0.394 e. The van der Waals surface area contributed by atoms with Crippen molar-refractivity contribution in [1.29, 1.82) is 5.26 Å². The lowest BCUT2D eigenvalue weighted by Crippen LogP contribution is -2.49. The van der Waals surface area contributed by atoms with Crippen molar-refractivity contribution in [2.24, 2.45) is 0 Å². The summed E-state index contributed by atoms with van der Waals surface area (Å²) in [4.78, 5) is 20.7. The number of carbonyl (C=O) groups is 1. The number of ether oxygens (including phenoxy) is 1. The summed E-state index contributed by atoms with van der Waals surface area (Å²) >= 11 is 0. The fourth-order valence-electron chi connectivity index (χ4n) is 3.21. The van der Waals surface area contributed by atoms with Crippen molar-refractivity contribution in [3.8, 4) is 6.07 Å². The predicted molar refractivity (Wildman–Crippen MR) is 87.3 cm³/mol. The third-order valence-corrected chi connectivity index (χ3v) is 4.63. The number of anilines is 1. The molecule has 0 spiro atoms. The second-order valence-corrected chi connectivity index (χ2v) is 6.23. The summed E-state index contributed by atoms with van der Waals surface area (Å²) in [5.74, 6) is 0.956. The Balaban J connectivity index is 1.47. The highest BCUT2D eigenvalue weighted by molar-refractivity contribution is 5.77. The van der Waals surface area contributed by atoms with E-state index in [4.69, 9.17) is 15.1 Å². The first-order valence-electron chi connectivity index (χ1n) is 8.35. The number of rotatable bonds is 4. The zero-order chi connectivity index (χ0) is 16.9. The Hall–Kier alpha value is -2.17. The maximum atomic E-state index is 12.4. The highest BCUT2D eigenvalue weighted by atomic mass is 16.5. The van der Waals surface area contributed by atoms with Gasteiger partial charge in [-0.1, -0.05) is 0 Å². The van der Waals surface area contributed by atoms with Crippen molar-refractivity contribution in [2.75, 3.05) is 37.7 Å². The molecule has 0 radical (unpaired) electrons. The van der Waals surface area contributed by atoms with E-state index in [0.717, 1.165) is 31.7 Å². The van der Waals surface area contributed by atoms with Crippen LogP contribution in [0.3, 0.4) is 0 Å². The molecule has 128 valence electrons. The van der Waals surface area contributed by atoms with Crippen LogP contribution in [0.4, 0.5) is 5.82 Å². The normalized spacial score (nSPS) is 24.0. The van der Waals surface area contributed by atoms with Gasteiger partial charge in [0.1, 0.15) is 11.9 Å². The number of hydrogen-bond donors (Lipinski definition) is 1. The van der Waals surface area contributed by atoms with Crippen LogP contribution in [0.5, 0.6) is 0 Å². The lowest BCUT2D eigenvalue weighted by molar-refractivity contribution is -0.134. The minimum absolute atomic E-state index is 0.0287. The van der Waals surface area contributed by atoms with Gasteiger partial charge in [0.05, 0.1) is 30.8 Å². The smallest absolute Gasteiger partial charge is 0.225 e. The molecule has 7 heteroatoms. The first-order valence-corrected chi connectivity index (χ1v) is 8.35. The van der Waals surface area contributed by atoms with Crippen molar-refractivity contribution >= 4 is 11.7 Å². The number of hydrogen-bond acceptors (Lipinski definition) is 6. The highest BCUT2D eigenvalue weighted by Crippen LogP contribution is 2.23. The average molecular weight is 330 g/mol. The summed E-state index contributed by atoms with van der Waals surface area (Å²) in [7, 11) is 0. The molecule has 0 aromatic carbocycles. The molecule has 0 saturated carbocycles. The summed E-state index contributed by atoms with van der Waals surface area (Å²) in [5.41, 5.74) is 0.547. The summed E-state index contributed by atoms with van der Waals surface area (Å²) in [6.07, 6.45) is 3.46. The van der Waals surface area contributed by atoms with E-state index in [9.17, 15) is 4.79 Å². The van der Waals surface area contributed by atoms with Gasteiger partial charge in [0.2, 0.25) is 5.91 Å². The Labute approximate surface area is 141 Å². The summed E-state index contributed by atoms with van der Waals surface area (Å²) in [5, 5.41) is 17.9. The molecule has 2 fully saturated rings. The largest absolute Gasteiger partial charge is 0.394 e. The minimum atomic E-state index is -0.109. The fourth-order valence-corrected chi connectivity index (χ4v) is 3.21. The Morgan fingerprint density at radius 1 is 1.29 bits per heavy atom. The van der Waals surface area contributed by atoms with Crippen molar-refractivity contribution in [3.05, 3.63) is 23.9 Å². The second kappa shape index (κ2) is 7.60. The van der Waals surface area contributed by atoms with Gasteiger partial charge in [-0.2, -0.15) is 5.26 Å². The molecule has 1 aromatic rings. The highest BCUT2D eigenvalue weighted by Gasteiger charge is 2.29. The van der Waals surface area contributed by atoms with Gasteiger partial charge in [-0.05, 0) is 25.0 Å². The van der Waals surface area contributed by atoms with Crippen molar-refractivity contribution < 1.29 is 14.6 Å². The fraction of sp³-hybridized carbons (Fsp3) is 0.588. The van der Waals surface area contributed by atoms with E-state index in [1.165, 1.54) is 0 Å². The molecule has 2 unspecified atom stereocenters. The number of pyridine rings is 1. The number of aliphatic hydroxyl groups is 1. The lowest BCUT2D eigenvalue weighted by atomic mass is 10.1. The van der Waals surface area contributed by atoms with Crippen LogP contribution < -0.4 is 4.90 Å². The van der Waals surface area contributed by atoms with E-state index < -0.39 is 0 Å². The molecule has 0 bridgehead atoms. The van der Waals surface area contributed by atoms with Gasteiger partial charge >= 0.3 is 0 Å². The molecule has 1 N–H and O–H groups in total. The molecule has 2 aliphatic rings. The molecule has 2 aliphatic heterocycles. The monoisotopic (exact) mass is 330 g/mol. The summed E-state index contributed by atoms with van der Waals surface area (Å²) in [6.45, 7) is 2.82. The molecule has 3 rings (SSSR count). The first kappa shape index (κ1) is 16.7. The molecular formula is C17H22N4O3. The summed E-state index contributed by atoms with van der Waals surface area (Å²) < 4.78 is 5.64. The molecule has 2 saturated heterocycles. The average Bonchev–Trinajstić information content (AvgIpc) is 3.09. The van der Waals surface area contributed by atoms with Gasteiger partial charge in [-0.15, -0.1) is 0 Å². The van der Waals surface area contributed by atoms with Gasteiger partial charge in [-0.3, -0.25) is 4.79 Å². The van der Waals surface area contributed by atoms with E-state index in [2.05, 4.69) is 16.0 Å². The van der Waals surface area contributed by atoms with Crippen LogP contribution in [0.2, 0.25) is 0 Å². The van der Waals surface area contributed by atoms with Crippen LogP contribution in [-0.4, -0.2) is 65.9 Å². The molecule has 7 nitrogen and oxygen atoms in total. The van der Waals surface area contributed by atoms with Crippen molar-refractivity contribution in [3.63, 3.8) is 0 Å². The Bertz CT molecular complexity index is 605. The van der Waals surface area contributed by atoms with E-state index >= 15 is 0 Å². The molecule has 3 heterocycles. The van der Waals surface area contributed by atoms with Crippen LogP contribution >= 0.6 is 0 Å². The van der Waals surface area contributed by atoms with Crippen molar-refractivity contribution in [2.45, 2.75) is 31.5 Å². The van der Waals surface area contributed by atoms with E-state index in [0.29, 0.717) is 25.1 Å². The van der Waals surface area contributed by atoms with Gasteiger partial charge in [0.15, 0.2) is 0 Å². The summed E-state index contributed by atoms with van der Waals surface area (Å²) in [6, 6.07) is 5.66. The lowest BCUT2D eigenvalue weighted by Gasteiger charge is -2.35. The van der Waals surface area contributed by atoms with Crippen LogP contribution in [-0.2, 0) is 9.53 Å². The molecule has 24 heavy (non-hydrogen) atoms. The SMILES string of the molecule is N#Cc1ccc(N2CCN(C(=O)CC3CCC(CO)O3)CC2)nc1. The van der Waals surface area contributed by atoms with Crippen LogP contribution in [0.25, 0.3) is 0 Å². The third kappa shape index (κ3) is 3.83. The predicted octanol–water partition coefficient (Wildman–Crippen LogP) is 0.532. The number of piperazine rings is 1. The van der Waals surface area contributed by atoms with E-state index in [-0.39, 0.29) is 24.7 Å². The van der Waals surface area contributed by atoms with Crippen LogP contribution in [0.1, 0.15) is 24.8 Å². The zero-order valence-corrected chi connectivity index (χ0v) is 13.6. The maximum Gasteiger partial charge on any atom is 0.225 e. The van der Waals surface area contributed by atoms with E-state index in [1.54, 1.807) is 12.3 Å². The number of amides is 1. The first-order chi connectivity index (χ1) is 11.7. The van der Waals surface area contributed by atoms with Gasteiger partial charge < -0.3 is 19.6 Å². The van der Waals surface area contributed by atoms with Crippen LogP contribution in [0, 0.1) is 11.3 Å². The van der Waals surface area contributed by atoms with Crippen molar-refractivity contribution in [1.82, 2.24) is 9.88 Å². The Morgan fingerprint density at radius 2 is 2.04 bits per heavy atom. The van der Waals surface area contributed by atoms with Gasteiger partial charge in [0.25, 0.3) is 0 Å². The standard InChI is InChI=1S/C17H22N4O3/c18-10-13-1-4-16(19-11-13)20-5-7-21(8-6-20)17(23)9-14-2-3-15(12-22)24-14/h1,4,11,14-15,22H,2-3,5-9,12H2. The number of nitrogens with zero attached hydrogens (tertiary/aromatic N) is 4. The Kier molecular flexibility index (Phi) is 5.28. The molecule has 0 aliphatic carbocycles. The molecule has 2 atom stereocenters. The van der Waals surface area contributed by atoms with Gasteiger partial charge in [-0.25, -0.2) is 4.98 Å². The Morgan fingerprint density at radius 3 is 2.62 bits per heavy atom. The number of aliphatic hydroxyl groups excluding tert-OH is 1. The number of aromatic nitrogens is 1. The second-order valence-electron chi connectivity index (χ2n) is 6.23. The molecule has 1 amide bonds. The quantitative estimate of drug-likeness (QED) is 0.866. The molecular weight excluding hydrogens is 308 g/mol. The zero-order valence-electron chi connectivity index (χ0n) is 13.6. The number of carbonyl (C=O) groups excluding carboxylic acids is 1. The topological polar surface area (TPSA) is 89.7 Å².